The summed E-state index contributed by atoms with van der Waals surface area (Å²) in [5.74, 6) is 0.121. The summed E-state index contributed by atoms with van der Waals surface area (Å²) in [5.41, 5.74) is 5.22. The zero-order chi connectivity index (χ0) is 9.72. The maximum Gasteiger partial charge on any atom is 0.261 e. The van der Waals surface area contributed by atoms with Crippen LogP contribution < -0.4 is 5.73 Å². The Hall–Kier alpha value is -1.17. The molecule has 0 aromatic heterocycles. The van der Waals surface area contributed by atoms with E-state index < -0.39 is 4.92 Å². The number of halogens is 1. The average molecular weight is 234 g/mol. The van der Waals surface area contributed by atoms with Crippen molar-refractivity contribution in [1.29, 1.82) is 0 Å². The Bertz CT molecular complexity index is 242. The summed E-state index contributed by atoms with van der Waals surface area (Å²) in [7, 11) is 0. The van der Waals surface area contributed by atoms with E-state index in [-0.39, 0.29) is 11.5 Å². The molecule has 0 bridgehead atoms. The SMILES string of the molecule is C=C(Br)C(N)=N/C=C(\C)[N+](=O)[O-]. The molecule has 5 nitrogen and oxygen atoms in total. The van der Waals surface area contributed by atoms with Gasteiger partial charge in [-0.05, 0) is 15.9 Å². The van der Waals surface area contributed by atoms with Gasteiger partial charge in [0.1, 0.15) is 12.0 Å². The number of nitro groups is 1. The molecule has 0 rings (SSSR count). The fourth-order valence-corrected chi connectivity index (χ4v) is 0.383. The third-order valence-electron chi connectivity index (χ3n) is 0.956. The van der Waals surface area contributed by atoms with E-state index in [4.69, 9.17) is 5.73 Å². The fourth-order valence-electron chi connectivity index (χ4n) is 0.280. The number of rotatable bonds is 3. The van der Waals surface area contributed by atoms with Gasteiger partial charge in [-0.1, -0.05) is 6.58 Å². The first kappa shape index (κ1) is 10.8. The summed E-state index contributed by atoms with van der Waals surface area (Å²) < 4.78 is 0.398. The van der Waals surface area contributed by atoms with Crippen molar-refractivity contribution >= 4 is 21.8 Å². The van der Waals surface area contributed by atoms with Crippen molar-refractivity contribution in [3.8, 4) is 0 Å². The van der Waals surface area contributed by atoms with E-state index in [9.17, 15) is 10.1 Å². The molecule has 0 unspecified atom stereocenters. The number of allylic oxidation sites excluding steroid dienone is 1. The molecule has 2 N–H and O–H groups in total. The number of aliphatic imine (C=N–C) groups is 1. The van der Waals surface area contributed by atoms with Crippen LogP contribution in [0.5, 0.6) is 0 Å². The summed E-state index contributed by atoms with van der Waals surface area (Å²) in [6, 6.07) is 0. The molecule has 0 aliphatic rings. The molecule has 0 atom stereocenters. The third-order valence-corrected chi connectivity index (χ3v) is 1.36. The molecule has 0 aromatic carbocycles. The Labute approximate surface area is 77.9 Å². The van der Waals surface area contributed by atoms with Gasteiger partial charge in [0, 0.05) is 6.92 Å². The second-order valence-corrected chi connectivity index (χ2v) is 2.90. The molecular weight excluding hydrogens is 226 g/mol. The molecule has 12 heavy (non-hydrogen) atoms. The summed E-state index contributed by atoms with van der Waals surface area (Å²) in [4.78, 5) is 13.1. The second kappa shape index (κ2) is 4.66. The Balaban J connectivity index is 4.48. The van der Waals surface area contributed by atoms with Crippen LogP contribution in [0.2, 0.25) is 0 Å². The highest BCUT2D eigenvalue weighted by molar-refractivity contribution is 9.12. The van der Waals surface area contributed by atoms with Crippen LogP contribution in [0.25, 0.3) is 0 Å². The van der Waals surface area contributed by atoms with Gasteiger partial charge in [0.25, 0.3) is 5.70 Å². The quantitative estimate of drug-likeness (QED) is 0.346. The van der Waals surface area contributed by atoms with Gasteiger partial charge >= 0.3 is 0 Å². The molecule has 0 saturated carbocycles. The fraction of sp³-hybridized carbons (Fsp3) is 0.167. The average Bonchev–Trinajstić information content (AvgIpc) is 1.98. The molecule has 0 radical (unpaired) electrons. The lowest BCUT2D eigenvalue weighted by Gasteiger charge is -1.91. The Kier molecular flexibility index (Phi) is 4.20. The van der Waals surface area contributed by atoms with E-state index in [0.717, 1.165) is 6.20 Å². The van der Waals surface area contributed by atoms with Gasteiger partial charge in [0.05, 0.1) is 9.41 Å². The first-order chi connectivity index (χ1) is 5.45. The highest BCUT2D eigenvalue weighted by Gasteiger charge is 2.00. The van der Waals surface area contributed by atoms with Gasteiger partial charge in [-0.2, -0.15) is 0 Å². The van der Waals surface area contributed by atoms with Crippen LogP contribution in [-0.4, -0.2) is 10.8 Å². The van der Waals surface area contributed by atoms with Crippen LogP contribution in [0.15, 0.2) is 28.0 Å². The molecule has 6 heteroatoms. The van der Waals surface area contributed by atoms with Gasteiger partial charge in [-0.15, -0.1) is 0 Å². The minimum atomic E-state index is -0.548. The van der Waals surface area contributed by atoms with Crippen LogP contribution in [0.3, 0.4) is 0 Å². The lowest BCUT2D eigenvalue weighted by atomic mass is 10.5. The second-order valence-electron chi connectivity index (χ2n) is 1.95. The number of hydrogen-bond acceptors (Lipinski definition) is 3. The molecule has 0 aliphatic heterocycles. The van der Waals surface area contributed by atoms with E-state index in [1.54, 1.807) is 0 Å². The maximum atomic E-state index is 10.1. The molecular formula is C6H8BrN3O2. The normalized spacial score (nSPS) is 12.8. The van der Waals surface area contributed by atoms with Crippen molar-refractivity contribution in [2.45, 2.75) is 6.92 Å². The summed E-state index contributed by atoms with van der Waals surface area (Å²) in [6.45, 7) is 4.77. The van der Waals surface area contributed by atoms with Crippen molar-refractivity contribution in [2.24, 2.45) is 10.7 Å². The largest absolute Gasteiger partial charge is 0.383 e. The molecule has 66 valence electrons. The van der Waals surface area contributed by atoms with E-state index in [1.165, 1.54) is 6.92 Å². The van der Waals surface area contributed by atoms with Crippen LogP contribution in [-0.2, 0) is 0 Å². The first-order valence-corrected chi connectivity index (χ1v) is 3.73. The topological polar surface area (TPSA) is 81.5 Å². The zero-order valence-electron chi connectivity index (χ0n) is 6.45. The van der Waals surface area contributed by atoms with Gasteiger partial charge in [0.15, 0.2) is 0 Å². The molecule has 0 heterocycles. The summed E-state index contributed by atoms with van der Waals surface area (Å²) in [5, 5.41) is 10.1. The van der Waals surface area contributed by atoms with Crippen molar-refractivity contribution in [2.75, 3.05) is 0 Å². The summed E-state index contributed by atoms with van der Waals surface area (Å²) >= 11 is 2.98. The molecule has 0 amide bonds. The third kappa shape index (κ3) is 3.87. The van der Waals surface area contributed by atoms with Gasteiger partial charge < -0.3 is 5.73 Å². The molecule has 0 aromatic rings. The van der Waals surface area contributed by atoms with Crippen LogP contribution in [0, 0.1) is 10.1 Å². The first-order valence-electron chi connectivity index (χ1n) is 2.94. The van der Waals surface area contributed by atoms with Gasteiger partial charge in [0.2, 0.25) is 0 Å². The highest BCUT2D eigenvalue weighted by Crippen LogP contribution is 2.01. The molecule has 0 saturated heterocycles. The molecule has 0 aliphatic carbocycles. The maximum absolute atomic E-state index is 10.1. The van der Waals surface area contributed by atoms with Gasteiger partial charge in [-0.3, -0.25) is 10.1 Å². The summed E-state index contributed by atoms with van der Waals surface area (Å²) in [6.07, 6.45) is 1.07. The highest BCUT2D eigenvalue weighted by atomic mass is 79.9. The van der Waals surface area contributed by atoms with Crippen molar-refractivity contribution in [3.05, 3.63) is 33.1 Å². The molecule has 0 fully saturated rings. The number of hydrogen-bond donors (Lipinski definition) is 1. The van der Waals surface area contributed by atoms with Crippen LogP contribution >= 0.6 is 15.9 Å². The van der Waals surface area contributed by atoms with Gasteiger partial charge in [-0.25, -0.2) is 4.99 Å². The number of amidine groups is 1. The predicted molar refractivity (Wildman–Crippen MR) is 50.4 cm³/mol. The Morgan fingerprint density at radius 2 is 2.33 bits per heavy atom. The van der Waals surface area contributed by atoms with Crippen LogP contribution in [0.1, 0.15) is 6.92 Å². The monoisotopic (exact) mass is 233 g/mol. The molecule has 0 spiro atoms. The predicted octanol–water partition coefficient (Wildman–Crippen LogP) is 1.39. The van der Waals surface area contributed by atoms with E-state index in [0.29, 0.717) is 4.48 Å². The standard InChI is InChI=1S/C6H8BrN3O2/c1-4(10(11)12)3-9-6(8)5(2)7/h3H,2H2,1H3,(H2,8,9)/b4-3+. The van der Waals surface area contributed by atoms with Crippen molar-refractivity contribution < 1.29 is 4.92 Å². The zero-order valence-corrected chi connectivity index (χ0v) is 8.04. The lowest BCUT2D eigenvalue weighted by molar-refractivity contribution is -0.424. The van der Waals surface area contributed by atoms with Crippen molar-refractivity contribution in [1.82, 2.24) is 0 Å². The number of nitrogens with zero attached hydrogens (tertiary/aromatic N) is 2. The van der Waals surface area contributed by atoms with Crippen LogP contribution in [0.4, 0.5) is 0 Å². The minimum absolute atomic E-state index is 0.0771. The number of nitrogens with two attached hydrogens (primary N) is 1. The minimum Gasteiger partial charge on any atom is -0.383 e. The Morgan fingerprint density at radius 3 is 2.67 bits per heavy atom. The van der Waals surface area contributed by atoms with Crippen molar-refractivity contribution in [3.63, 3.8) is 0 Å². The van der Waals surface area contributed by atoms with E-state index >= 15 is 0 Å². The van der Waals surface area contributed by atoms with E-state index in [1.807, 2.05) is 0 Å². The van der Waals surface area contributed by atoms with E-state index in [2.05, 4.69) is 27.5 Å². The smallest absolute Gasteiger partial charge is 0.261 e. The lowest BCUT2D eigenvalue weighted by Crippen LogP contribution is -2.10. The Morgan fingerprint density at radius 1 is 1.83 bits per heavy atom.